The van der Waals surface area contributed by atoms with Crippen molar-refractivity contribution >= 4 is 33.9 Å². The highest BCUT2D eigenvalue weighted by Crippen LogP contribution is 2.17. The Hall–Kier alpha value is -2.48. The number of halogens is 2. The molecule has 0 fully saturated rings. The summed E-state index contributed by atoms with van der Waals surface area (Å²) in [6.07, 6.45) is 6.09. The van der Waals surface area contributed by atoms with Gasteiger partial charge in [0.05, 0.1) is 23.7 Å². The molecule has 1 aromatic carbocycles. The Labute approximate surface area is 152 Å². The molecule has 1 amide bonds. The quantitative estimate of drug-likeness (QED) is 0.563. The Bertz CT molecular complexity index is 789. The number of nitrogens with one attached hydrogen (secondary N) is 1. The first-order valence-electron chi connectivity index (χ1n) is 7.61. The van der Waals surface area contributed by atoms with Crippen molar-refractivity contribution in [1.82, 2.24) is 15.1 Å². The molecular weight excluding hydrogens is 393 g/mol. The number of esters is 1. The molecule has 1 N–H and O–H groups in total. The highest BCUT2D eigenvalue weighted by atomic mass is 79.9. The third-order valence-electron chi connectivity index (χ3n) is 3.13. The number of nitrogens with zero attached hydrogens (tertiary/aromatic N) is 2. The molecule has 1 aromatic heterocycles. The standard InChI is InChI=1S/C17H17BrFN3O3/c1-2-25-17(24)7-8-20-16(23)6-4-12-3-5-15(14(19)9-12)22-11-13(18)10-21-22/h3-6,9-11H,2,7-8H2,1H3,(H,20,23)/b6-4+. The van der Waals surface area contributed by atoms with Crippen molar-refractivity contribution in [2.24, 2.45) is 0 Å². The molecule has 2 rings (SSSR count). The Morgan fingerprint density at radius 2 is 2.24 bits per heavy atom. The van der Waals surface area contributed by atoms with Crippen LogP contribution in [0.1, 0.15) is 18.9 Å². The van der Waals surface area contributed by atoms with Crippen molar-refractivity contribution in [3.63, 3.8) is 0 Å². The summed E-state index contributed by atoms with van der Waals surface area (Å²) in [7, 11) is 0. The van der Waals surface area contributed by atoms with Crippen LogP contribution in [0.5, 0.6) is 0 Å². The first-order chi connectivity index (χ1) is 12.0. The third-order valence-corrected chi connectivity index (χ3v) is 3.54. The van der Waals surface area contributed by atoms with E-state index in [2.05, 4.69) is 26.3 Å². The Balaban J connectivity index is 1.91. The molecule has 0 atom stereocenters. The fraction of sp³-hybridized carbons (Fsp3) is 0.235. The zero-order chi connectivity index (χ0) is 18.2. The molecule has 0 radical (unpaired) electrons. The molecule has 0 aliphatic rings. The van der Waals surface area contributed by atoms with Crippen LogP contribution < -0.4 is 5.32 Å². The number of amides is 1. The SMILES string of the molecule is CCOC(=O)CCNC(=O)/C=C/c1ccc(-n2cc(Br)cn2)c(F)c1. The van der Waals surface area contributed by atoms with Gasteiger partial charge in [0.1, 0.15) is 11.5 Å². The molecule has 2 aromatic rings. The van der Waals surface area contributed by atoms with Crippen LogP contribution in [0.4, 0.5) is 4.39 Å². The molecule has 0 aliphatic heterocycles. The van der Waals surface area contributed by atoms with Crippen molar-refractivity contribution in [3.05, 3.63) is 52.5 Å². The molecule has 0 spiro atoms. The summed E-state index contributed by atoms with van der Waals surface area (Å²) in [4.78, 5) is 22.8. The van der Waals surface area contributed by atoms with Gasteiger partial charge in [0.15, 0.2) is 0 Å². The second kappa shape index (κ2) is 9.12. The number of ether oxygens (including phenoxy) is 1. The molecule has 132 valence electrons. The van der Waals surface area contributed by atoms with Gasteiger partial charge in [-0.15, -0.1) is 0 Å². The normalized spacial score (nSPS) is 10.8. The van der Waals surface area contributed by atoms with Gasteiger partial charge in [0.25, 0.3) is 0 Å². The summed E-state index contributed by atoms with van der Waals surface area (Å²) >= 11 is 3.26. The van der Waals surface area contributed by atoms with E-state index < -0.39 is 5.82 Å². The van der Waals surface area contributed by atoms with Crippen LogP contribution in [0.25, 0.3) is 11.8 Å². The van der Waals surface area contributed by atoms with Crippen LogP contribution in [0.15, 0.2) is 41.1 Å². The van der Waals surface area contributed by atoms with Crippen LogP contribution >= 0.6 is 15.9 Å². The number of hydrogen-bond donors (Lipinski definition) is 1. The highest BCUT2D eigenvalue weighted by molar-refractivity contribution is 9.10. The molecule has 0 bridgehead atoms. The smallest absolute Gasteiger partial charge is 0.307 e. The molecule has 8 heteroatoms. The topological polar surface area (TPSA) is 73.2 Å². The minimum Gasteiger partial charge on any atom is -0.466 e. The van der Waals surface area contributed by atoms with E-state index in [0.29, 0.717) is 17.9 Å². The summed E-state index contributed by atoms with van der Waals surface area (Å²) in [5, 5.41) is 6.58. The van der Waals surface area contributed by atoms with Crippen molar-refractivity contribution in [1.29, 1.82) is 0 Å². The van der Waals surface area contributed by atoms with Gasteiger partial charge in [0, 0.05) is 18.8 Å². The van der Waals surface area contributed by atoms with Gasteiger partial charge >= 0.3 is 5.97 Å². The predicted molar refractivity (Wildman–Crippen MR) is 94.5 cm³/mol. The Kier molecular flexibility index (Phi) is 6.88. The second-order valence-corrected chi connectivity index (χ2v) is 5.91. The van der Waals surface area contributed by atoms with E-state index in [1.54, 1.807) is 31.5 Å². The Morgan fingerprint density at radius 3 is 2.88 bits per heavy atom. The van der Waals surface area contributed by atoms with Crippen molar-refractivity contribution in [2.45, 2.75) is 13.3 Å². The molecule has 0 saturated heterocycles. The molecule has 0 saturated carbocycles. The summed E-state index contributed by atoms with van der Waals surface area (Å²) in [6.45, 7) is 2.21. The van der Waals surface area contributed by atoms with Crippen LogP contribution in [-0.2, 0) is 14.3 Å². The van der Waals surface area contributed by atoms with Crippen LogP contribution in [0, 0.1) is 5.82 Å². The second-order valence-electron chi connectivity index (χ2n) is 4.99. The van der Waals surface area contributed by atoms with Crippen molar-refractivity contribution in [3.8, 4) is 5.69 Å². The van der Waals surface area contributed by atoms with Crippen molar-refractivity contribution in [2.75, 3.05) is 13.2 Å². The summed E-state index contributed by atoms with van der Waals surface area (Å²) < 4.78 is 21.1. The van der Waals surface area contributed by atoms with Crippen LogP contribution in [-0.4, -0.2) is 34.8 Å². The van der Waals surface area contributed by atoms with Crippen LogP contribution in [0.2, 0.25) is 0 Å². The van der Waals surface area contributed by atoms with E-state index in [-0.39, 0.29) is 24.8 Å². The monoisotopic (exact) mass is 409 g/mol. The minimum absolute atomic E-state index is 0.107. The van der Waals surface area contributed by atoms with Gasteiger partial charge in [-0.25, -0.2) is 9.07 Å². The highest BCUT2D eigenvalue weighted by Gasteiger charge is 2.07. The maximum Gasteiger partial charge on any atom is 0.307 e. The first-order valence-corrected chi connectivity index (χ1v) is 8.40. The third kappa shape index (κ3) is 5.82. The fourth-order valence-corrected chi connectivity index (χ4v) is 2.28. The van der Waals surface area contributed by atoms with E-state index >= 15 is 0 Å². The lowest BCUT2D eigenvalue weighted by Gasteiger charge is -2.04. The van der Waals surface area contributed by atoms with Gasteiger partial charge in [-0.1, -0.05) is 6.07 Å². The summed E-state index contributed by atoms with van der Waals surface area (Å²) in [5.74, 6) is -1.19. The lowest BCUT2D eigenvalue weighted by Crippen LogP contribution is -2.24. The van der Waals surface area contributed by atoms with Gasteiger partial charge in [-0.05, 0) is 46.6 Å². The van der Waals surface area contributed by atoms with E-state index in [1.807, 2.05) is 0 Å². The number of aromatic nitrogens is 2. The Morgan fingerprint density at radius 1 is 1.44 bits per heavy atom. The number of carbonyl (C=O) groups excluding carboxylic acids is 2. The number of carbonyl (C=O) groups is 2. The van der Waals surface area contributed by atoms with E-state index in [9.17, 15) is 14.0 Å². The molecule has 0 unspecified atom stereocenters. The fourth-order valence-electron chi connectivity index (χ4n) is 2.00. The van der Waals surface area contributed by atoms with Crippen LogP contribution in [0.3, 0.4) is 0 Å². The predicted octanol–water partition coefficient (Wildman–Crippen LogP) is 2.86. The maximum absolute atomic E-state index is 14.2. The van der Waals surface area contributed by atoms with Gasteiger partial charge in [-0.2, -0.15) is 5.10 Å². The molecule has 6 nitrogen and oxygen atoms in total. The zero-order valence-corrected chi connectivity index (χ0v) is 15.1. The van der Waals surface area contributed by atoms with E-state index in [0.717, 1.165) is 4.47 Å². The lowest BCUT2D eigenvalue weighted by molar-refractivity contribution is -0.142. The molecular formula is C17H17BrFN3O3. The summed E-state index contributed by atoms with van der Waals surface area (Å²) in [5.41, 5.74) is 0.842. The number of benzene rings is 1. The van der Waals surface area contributed by atoms with Gasteiger partial charge in [0.2, 0.25) is 5.91 Å². The minimum atomic E-state index is -0.458. The average molecular weight is 410 g/mol. The number of rotatable bonds is 7. The summed E-state index contributed by atoms with van der Waals surface area (Å²) in [6, 6.07) is 4.57. The van der Waals surface area contributed by atoms with Gasteiger partial charge < -0.3 is 10.1 Å². The maximum atomic E-state index is 14.2. The largest absolute Gasteiger partial charge is 0.466 e. The van der Waals surface area contributed by atoms with Gasteiger partial charge in [-0.3, -0.25) is 9.59 Å². The molecule has 1 heterocycles. The first kappa shape index (κ1) is 18.9. The average Bonchev–Trinajstić information content (AvgIpc) is 2.99. The number of hydrogen-bond acceptors (Lipinski definition) is 4. The van der Waals surface area contributed by atoms with E-state index in [4.69, 9.17) is 4.74 Å². The lowest BCUT2D eigenvalue weighted by atomic mass is 10.2. The zero-order valence-electron chi connectivity index (χ0n) is 13.5. The van der Waals surface area contributed by atoms with E-state index in [1.165, 1.54) is 22.9 Å². The molecule has 25 heavy (non-hydrogen) atoms. The van der Waals surface area contributed by atoms with Crippen molar-refractivity contribution < 1.29 is 18.7 Å². The molecule has 0 aliphatic carbocycles.